The van der Waals surface area contributed by atoms with Crippen molar-refractivity contribution in [1.29, 1.82) is 0 Å². The lowest BCUT2D eigenvalue weighted by molar-refractivity contribution is 0.252. The molecule has 2 heterocycles. The Morgan fingerprint density at radius 2 is 2.21 bits per heavy atom. The van der Waals surface area contributed by atoms with Crippen molar-refractivity contribution in [3.63, 3.8) is 0 Å². The maximum Gasteiger partial charge on any atom is 0.0541 e. The Hall–Kier alpha value is -0.970. The molecule has 2 unspecified atom stereocenters. The molecule has 2 atom stereocenters. The van der Waals surface area contributed by atoms with Gasteiger partial charge in [-0.2, -0.15) is 0 Å². The number of hydrogen-bond acceptors (Lipinski definition) is 4. The summed E-state index contributed by atoms with van der Waals surface area (Å²) in [6.07, 6.45) is 1.85. The molecule has 1 aliphatic rings. The predicted octanol–water partition coefficient (Wildman–Crippen LogP) is 1.05. The average Bonchev–Trinajstić information content (AvgIpc) is 2.77. The summed E-state index contributed by atoms with van der Waals surface area (Å²) in [7, 11) is 4.37. The van der Waals surface area contributed by atoms with E-state index in [2.05, 4.69) is 47.2 Å². The van der Waals surface area contributed by atoms with Crippen LogP contribution in [-0.2, 0) is 6.54 Å². The van der Waals surface area contributed by atoms with E-state index in [1.54, 1.807) is 0 Å². The summed E-state index contributed by atoms with van der Waals surface area (Å²) in [6.45, 7) is 7.78. The van der Waals surface area contributed by atoms with Crippen LogP contribution in [0, 0.1) is 5.92 Å². The van der Waals surface area contributed by atoms with Crippen molar-refractivity contribution >= 4 is 0 Å². The van der Waals surface area contributed by atoms with E-state index < -0.39 is 0 Å². The molecule has 4 heteroatoms. The van der Waals surface area contributed by atoms with Crippen LogP contribution < -0.4 is 5.32 Å². The molecule has 1 aromatic heterocycles. The Bertz CT molecular complexity index is 366. The number of pyridine rings is 1. The molecule has 0 saturated carbocycles. The van der Waals surface area contributed by atoms with Crippen LogP contribution in [0.15, 0.2) is 24.4 Å². The summed E-state index contributed by atoms with van der Waals surface area (Å²) in [4.78, 5) is 9.22. The summed E-state index contributed by atoms with van der Waals surface area (Å²) in [5, 5.41) is 3.47. The molecule has 1 aliphatic heterocycles. The molecule has 0 radical (unpaired) electrons. The molecular weight excluding hydrogens is 236 g/mol. The third-order valence-electron chi connectivity index (χ3n) is 3.95. The molecule has 0 spiro atoms. The molecule has 106 valence electrons. The van der Waals surface area contributed by atoms with Crippen molar-refractivity contribution < 1.29 is 0 Å². The Kier molecular flexibility index (Phi) is 5.31. The monoisotopic (exact) mass is 262 g/mol. The minimum Gasteiger partial charge on any atom is -0.310 e. The first-order valence-electron chi connectivity index (χ1n) is 7.16. The SMILES string of the molecule is CC1CN(CCNCc2ccccn2)CC1N(C)C. The fourth-order valence-electron chi connectivity index (χ4n) is 2.86. The number of nitrogens with one attached hydrogen (secondary N) is 1. The van der Waals surface area contributed by atoms with Crippen LogP contribution in [0.5, 0.6) is 0 Å². The zero-order chi connectivity index (χ0) is 13.7. The van der Waals surface area contributed by atoms with E-state index in [0.717, 1.165) is 31.2 Å². The highest BCUT2D eigenvalue weighted by molar-refractivity contribution is 5.02. The average molecular weight is 262 g/mol. The van der Waals surface area contributed by atoms with E-state index in [9.17, 15) is 0 Å². The maximum absolute atomic E-state index is 4.31. The summed E-state index contributed by atoms with van der Waals surface area (Å²) < 4.78 is 0. The Labute approximate surface area is 116 Å². The van der Waals surface area contributed by atoms with Gasteiger partial charge in [0.2, 0.25) is 0 Å². The number of aromatic nitrogens is 1. The fourth-order valence-corrected chi connectivity index (χ4v) is 2.86. The lowest BCUT2D eigenvalue weighted by atomic mass is 10.1. The smallest absolute Gasteiger partial charge is 0.0541 e. The Balaban J connectivity index is 1.64. The van der Waals surface area contributed by atoms with Crippen LogP contribution in [0.25, 0.3) is 0 Å². The highest BCUT2D eigenvalue weighted by Gasteiger charge is 2.30. The molecule has 0 aliphatic carbocycles. The van der Waals surface area contributed by atoms with Gasteiger partial charge in [-0.05, 0) is 32.1 Å². The van der Waals surface area contributed by atoms with Crippen LogP contribution >= 0.6 is 0 Å². The lowest BCUT2D eigenvalue weighted by Crippen LogP contribution is -2.35. The Morgan fingerprint density at radius 3 is 2.84 bits per heavy atom. The highest BCUT2D eigenvalue weighted by Crippen LogP contribution is 2.19. The molecule has 1 saturated heterocycles. The molecular formula is C15H26N4. The molecule has 4 nitrogen and oxygen atoms in total. The number of likely N-dealkylation sites (tertiary alicyclic amines) is 1. The summed E-state index contributed by atoms with van der Waals surface area (Å²) >= 11 is 0. The summed E-state index contributed by atoms with van der Waals surface area (Å²) in [5.74, 6) is 0.769. The molecule has 19 heavy (non-hydrogen) atoms. The lowest BCUT2D eigenvalue weighted by Gasteiger charge is -2.22. The summed E-state index contributed by atoms with van der Waals surface area (Å²) in [6, 6.07) is 6.76. The van der Waals surface area contributed by atoms with Gasteiger partial charge in [0.15, 0.2) is 0 Å². The third kappa shape index (κ3) is 4.27. The zero-order valence-corrected chi connectivity index (χ0v) is 12.3. The van der Waals surface area contributed by atoms with E-state index in [1.807, 2.05) is 18.3 Å². The normalized spacial score (nSPS) is 24.2. The third-order valence-corrected chi connectivity index (χ3v) is 3.95. The first-order valence-corrected chi connectivity index (χ1v) is 7.16. The molecule has 0 bridgehead atoms. The molecule has 0 amide bonds. The van der Waals surface area contributed by atoms with Gasteiger partial charge in [0, 0.05) is 45.0 Å². The predicted molar refractivity (Wildman–Crippen MR) is 79.0 cm³/mol. The molecule has 1 fully saturated rings. The number of hydrogen-bond donors (Lipinski definition) is 1. The number of rotatable bonds is 6. The minimum atomic E-state index is 0.704. The summed E-state index contributed by atoms with van der Waals surface area (Å²) in [5.41, 5.74) is 1.11. The second-order valence-corrected chi connectivity index (χ2v) is 5.77. The molecule has 2 rings (SSSR count). The first kappa shape index (κ1) is 14.4. The van der Waals surface area contributed by atoms with Crippen LogP contribution in [0.4, 0.5) is 0 Å². The van der Waals surface area contributed by atoms with Crippen LogP contribution in [0.2, 0.25) is 0 Å². The van der Waals surface area contributed by atoms with E-state index in [4.69, 9.17) is 0 Å². The quantitative estimate of drug-likeness (QED) is 0.777. The highest BCUT2D eigenvalue weighted by atomic mass is 15.2. The van der Waals surface area contributed by atoms with Gasteiger partial charge in [-0.1, -0.05) is 13.0 Å². The zero-order valence-electron chi connectivity index (χ0n) is 12.3. The number of nitrogens with zero attached hydrogens (tertiary/aromatic N) is 3. The molecule has 1 N–H and O–H groups in total. The van der Waals surface area contributed by atoms with Crippen LogP contribution in [0.1, 0.15) is 12.6 Å². The van der Waals surface area contributed by atoms with Gasteiger partial charge in [-0.3, -0.25) is 4.98 Å². The van der Waals surface area contributed by atoms with Gasteiger partial charge in [0.25, 0.3) is 0 Å². The van der Waals surface area contributed by atoms with Gasteiger partial charge in [-0.15, -0.1) is 0 Å². The van der Waals surface area contributed by atoms with E-state index in [0.29, 0.717) is 6.04 Å². The maximum atomic E-state index is 4.31. The first-order chi connectivity index (χ1) is 9.16. The van der Waals surface area contributed by atoms with Gasteiger partial charge in [0.05, 0.1) is 5.69 Å². The van der Waals surface area contributed by atoms with E-state index >= 15 is 0 Å². The van der Waals surface area contributed by atoms with Gasteiger partial charge in [-0.25, -0.2) is 0 Å². The van der Waals surface area contributed by atoms with E-state index in [-0.39, 0.29) is 0 Å². The van der Waals surface area contributed by atoms with Crippen LogP contribution in [0.3, 0.4) is 0 Å². The van der Waals surface area contributed by atoms with E-state index in [1.165, 1.54) is 13.1 Å². The molecule has 0 aromatic carbocycles. The van der Waals surface area contributed by atoms with Gasteiger partial charge >= 0.3 is 0 Å². The topological polar surface area (TPSA) is 31.4 Å². The Morgan fingerprint density at radius 1 is 1.37 bits per heavy atom. The number of likely N-dealkylation sites (N-methyl/N-ethyl adjacent to an activating group) is 1. The van der Waals surface area contributed by atoms with Crippen molar-refractivity contribution in [3.8, 4) is 0 Å². The van der Waals surface area contributed by atoms with Crippen molar-refractivity contribution in [1.82, 2.24) is 20.1 Å². The standard InChI is InChI=1S/C15H26N4/c1-13-11-19(12-15(13)18(2)3)9-8-16-10-14-6-4-5-7-17-14/h4-7,13,15-16H,8-12H2,1-3H3. The van der Waals surface area contributed by atoms with Gasteiger partial charge in [0.1, 0.15) is 0 Å². The van der Waals surface area contributed by atoms with Crippen molar-refractivity contribution in [3.05, 3.63) is 30.1 Å². The van der Waals surface area contributed by atoms with Crippen molar-refractivity contribution in [2.24, 2.45) is 5.92 Å². The fraction of sp³-hybridized carbons (Fsp3) is 0.667. The van der Waals surface area contributed by atoms with Crippen LogP contribution in [-0.4, -0.2) is 61.1 Å². The largest absolute Gasteiger partial charge is 0.310 e. The van der Waals surface area contributed by atoms with Crippen molar-refractivity contribution in [2.45, 2.75) is 19.5 Å². The second kappa shape index (κ2) is 6.98. The van der Waals surface area contributed by atoms with Gasteiger partial charge < -0.3 is 15.1 Å². The van der Waals surface area contributed by atoms with Crippen molar-refractivity contribution in [2.75, 3.05) is 40.3 Å². The second-order valence-electron chi connectivity index (χ2n) is 5.77. The molecule has 1 aromatic rings. The minimum absolute atomic E-state index is 0.704.